The molecule has 1 aliphatic rings. The lowest BCUT2D eigenvalue weighted by Gasteiger charge is -2.26. The van der Waals surface area contributed by atoms with E-state index < -0.39 is 14.9 Å². The predicted octanol–water partition coefficient (Wildman–Crippen LogP) is 2.82. The van der Waals surface area contributed by atoms with Crippen LogP contribution in [0.1, 0.15) is 5.56 Å². The predicted molar refractivity (Wildman–Crippen MR) is 108 cm³/mol. The van der Waals surface area contributed by atoms with Crippen LogP contribution >= 0.6 is 15.9 Å². The number of rotatable bonds is 6. The van der Waals surface area contributed by atoms with Gasteiger partial charge in [-0.05, 0) is 29.8 Å². The molecule has 2 aromatic carbocycles. The van der Waals surface area contributed by atoms with E-state index in [0.29, 0.717) is 13.2 Å². The molecule has 1 fully saturated rings. The topological polar surface area (TPSA) is 114 Å². The Morgan fingerprint density at radius 2 is 1.96 bits per heavy atom. The molecule has 9 nitrogen and oxygen atoms in total. The van der Waals surface area contributed by atoms with Gasteiger partial charge in [-0.3, -0.25) is 15.5 Å². The third-order valence-electron chi connectivity index (χ3n) is 4.02. The second-order valence-corrected chi connectivity index (χ2v) is 8.73. The van der Waals surface area contributed by atoms with Crippen LogP contribution in [0.3, 0.4) is 0 Å². The van der Waals surface area contributed by atoms with Crippen LogP contribution in [-0.4, -0.2) is 50.2 Å². The molecule has 0 radical (unpaired) electrons. The molecule has 11 heteroatoms. The van der Waals surface area contributed by atoms with Gasteiger partial charge in [-0.2, -0.15) is 9.41 Å². The number of halogens is 1. The van der Waals surface area contributed by atoms with Crippen LogP contribution in [-0.2, 0) is 14.8 Å². The first kappa shape index (κ1) is 20.4. The number of ether oxygens (including phenoxy) is 1. The highest BCUT2D eigenvalue weighted by molar-refractivity contribution is 9.10. The van der Waals surface area contributed by atoms with Gasteiger partial charge in [0.2, 0.25) is 10.0 Å². The Labute approximate surface area is 170 Å². The minimum Gasteiger partial charge on any atom is -0.379 e. The summed E-state index contributed by atoms with van der Waals surface area (Å²) in [6.07, 6.45) is 1.51. The Morgan fingerprint density at radius 1 is 1.21 bits per heavy atom. The van der Waals surface area contributed by atoms with Crippen molar-refractivity contribution in [1.82, 2.24) is 4.31 Å². The summed E-state index contributed by atoms with van der Waals surface area (Å²) in [7, 11) is -3.83. The molecule has 0 spiro atoms. The summed E-state index contributed by atoms with van der Waals surface area (Å²) in [4.78, 5) is 10.7. The minimum absolute atomic E-state index is 0.0946. The molecule has 0 amide bonds. The van der Waals surface area contributed by atoms with Crippen molar-refractivity contribution in [3.8, 4) is 0 Å². The first-order chi connectivity index (χ1) is 13.4. The quantitative estimate of drug-likeness (QED) is 0.396. The Balaban J connectivity index is 1.84. The molecule has 0 aliphatic carbocycles. The van der Waals surface area contributed by atoms with Gasteiger partial charge in [-0.15, -0.1) is 0 Å². The maximum absolute atomic E-state index is 12.7. The van der Waals surface area contributed by atoms with Gasteiger partial charge in [0.15, 0.2) is 0 Å². The summed E-state index contributed by atoms with van der Waals surface area (Å²) >= 11 is 3.35. The van der Waals surface area contributed by atoms with E-state index in [9.17, 15) is 18.5 Å². The standard InChI is InChI=1S/C17H17BrN4O5S/c18-14-3-1-2-13(10-14)12-19-20-16-5-4-15(11-17(16)22(23)24)28(25,26)21-6-8-27-9-7-21/h1-5,10-12,20H,6-9H2/b19-12+. The largest absolute Gasteiger partial charge is 0.379 e. The number of nitrogens with zero attached hydrogens (tertiary/aromatic N) is 3. The van der Waals surface area contributed by atoms with Crippen LogP contribution in [0, 0.1) is 10.1 Å². The lowest BCUT2D eigenvalue weighted by Crippen LogP contribution is -2.40. The van der Waals surface area contributed by atoms with E-state index in [-0.39, 0.29) is 29.4 Å². The maximum atomic E-state index is 12.7. The number of morpholine rings is 1. The fourth-order valence-corrected chi connectivity index (χ4v) is 4.46. The van der Waals surface area contributed by atoms with Gasteiger partial charge in [0.25, 0.3) is 5.69 Å². The van der Waals surface area contributed by atoms with Gasteiger partial charge < -0.3 is 4.74 Å². The SMILES string of the molecule is O=[N+]([O-])c1cc(S(=O)(=O)N2CCOCC2)ccc1N/N=C/c1cccc(Br)c1. The van der Waals surface area contributed by atoms with E-state index in [2.05, 4.69) is 26.5 Å². The van der Waals surface area contributed by atoms with E-state index in [4.69, 9.17) is 4.74 Å². The number of hydrogen-bond acceptors (Lipinski definition) is 7. The Kier molecular flexibility index (Phi) is 6.39. The number of anilines is 1. The molecule has 1 N–H and O–H groups in total. The molecular formula is C17H17BrN4O5S. The minimum atomic E-state index is -3.83. The summed E-state index contributed by atoms with van der Waals surface area (Å²) in [6, 6.07) is 11.1. The molecule has 1 heterocycles. The summed E-state index contributed by atoms with van der Waals surface area (Å²) in [5.74, 6) is 0. The number of benzene rings is 2. The van der Waals surface area contributed by atoms with E-state index in [1.165, 1.54) is 22.7 Å². The van der Waals surface area contributed by atoms with Gasteiger partial charge in [0, 0.05) is 23.6 Å². The zero-order chi connectivity index (χ0) is 20.1. The number of sulfonamides is 1. The zero-order valence-corrected chi connectivity index (χ0v) is 17.0. The molecule has 0 aromatic heterocycles. The number of nitro benzene ring substituents is 1. The Hall–Kier alpha value is -2.34. The van der Waals surface area contributed by atoms with Gasteiger partial charge in [-0.1, -0.05) is 28.1 Å². The Morgan fingerprint density at radius 3 is 2.64 bits per heavy atom. The molecule has 1 saturated heterocycles. The van der Waals surface area contributed by atoms with E-state index >= 15 is 0 Å². The molecular weight excluding hydrogens is 452 g/mol. The van der Waals surface area contributed by atoms with Crippen molar-refractivity contribution in [3.63, 3.8) is 0 Å². The third kappa shape index (κ3) is 4.73. The van der Waals surface area contributed by atoms with Gasteiger partial charge in [0.1, 0.15) is 5.69 Å². The van der Waals surface area contributed by atoms with Crippen molar-refractivity contribution in [3.05, 3.63) is 62.6 Å². The first-order valence-electron chi connectivity index (χ1n) is 8.29. The van der Waals surface area contributed by atoms with Gasteiger partial charge in [-0.25, -0.2) is 8.42 Å². The van der Waals surface area contributed by atoms with Crippen LogP contribution in [0.25, 0.3) is 0 Å². The average molecular weight is 469 g/mol. The van der Waals surface area contributed by atoms with Gasteiger partial charge in [0.05, 0.1) is 29.2 Å². The summed E-state index contributed by atoms with van der Waals surface area (Å²) < 4.78 is 32.7. The highest BCUT2D eigenvalue weighted by Crippen LogP contribution is 2.29. The summed E-state index contributed by atoms with van der Waals surface area (Å²) in [5.41, 5.74) is 3.11. The van der Waals surface area contributed by atoms with Gasteiger partial charge >= 0.3 is 0 Å². The van der Waals surface area contributed by atoms with Crippen LogP contribution in [0.4, 0.5) is 11.4 Å². The number of nitro groups is 1. The molecule has 1 aliphatic heterocycles. The van der Waals surface area contributed by atoms with E-state index in [1.807, 2.05) is 24.3 Å². The van der Waals surface area contributed by atoms with Crippen LogP contribution < -0.4 is 5.43 Å². The van der Waals surface area contributed by atoms with Crippen LogP contribution in [0.5, 0.6) is 0 Å². The monoisotopic (exact) mass is 468 g/mol. The highest BCUT2D eigenvalue weighted by Gasteiger charge is 2.28. The molecule has 148 valence electrons. The first-order valence-corrected chi connectivity index (χ1v) is 10.5. The summed E-state index contributed by atoms with van der Waals surface area (Å²) in [6.45, 7) is 1.02. The lowest BCUT2D eigenvalue weighted by atomic mass is 10.2. The second-order valence-electron chi connectivity index (χ2n) is 5.88. The fourth-order valence-electron chi connectivity index (χ4n) is 2.62. The molecule has 2 aromatic rings. The van der Waals surface area contributed by atoms with Crippen molar-refractivity contribution < 1.29 is 18.1 Å². The van der Waals surface area contributed by atoms with Crippen molar-refractivity contribution in [1.29, 1.82) is 0 Å². The maximum Gasteiger partial charge on any atom is 0.295 e. The number of hydrazone groups is 1. The van der Waals surface area contributed by atoms with E-state index in [0.717, 1.165) is 16.1 Å². The number of hydrogen-bond donors (Lipinski definition) is 1. The Bertz CT molecular complexity index is 1010. The lowest BCUT2D eigenvalue weighted by molar-refractivity contribution is -0.384. The molecule has 0 bridgehead atoms. The average Bonchev–Trinajstić information content (AvgIpc) is 2.68. The normalized spacial score (nSPS) is 15.6. The van der Waals surface area contributed by atoms with Crippen LogP contribution in [0.2, 0.25) is 0 Å². The third-order valence-corrected chi connectivity index (χ3v) is 6.41. The number of nitrogens with one attached hydrogen (secondary N) is 1. The zero-order valence-electron chi connectivity index (χ0n) is 14.6. The second kappa shape index (κ2) is 8.78. The molecule has 3 rings (SSSR count). The molecule has 0 atom stereocenters. The van der Waals surface area contributed by atoms with Crippen molar-refractivity contribution in [2.75, 3.05) is 31.7 Å². The molecule has 0 saturated carbocycles. The highest BCUT2D eigenvalue weighted by atomic mass is 79.9. The smallest absolute Gasteiger partial charge is 0.295 e. The fraction of sp³-hybridized carbons (Fsp3) is 0.235. The van der Waals surface area contributed by atoms with Crippen molar-refractivity contribution in [2.24, 2.45) is 5.10 Å². The van der Waals surface area contributed by atoms with E-state index in [1.54, 1.807) is 0 Å². The summed E-state index contributed by atoms with van der Waals surface area (Å²) in [5, 5.41) is 15.4. The molecule has 28 heavy (non-hydrogen) atoms. The van der Waals surface area contributed by atoms with Crippen molar-refractivity contribution >= 4 is 43.5 Å². The van der Waals surface area contributed by atoms with Crippen molar-refractivity contribution in [2.45, 2.75) is 4.90 Å². The molecule has 0 unspecified atom stereocenters. The van der Waals surface area contributed by atoms with Crippen LogP contribution in [0.15, 0.2) is 56.9 Å².